The third kappa shape index (κ3) is 5.75. The van der Waals surface area contributed by atoms with E-state index in [-0.39, 0.29) is 12.5 Å². The quantitative estimate of drug-likeness (QED) is 0.530. The molecule has 0 spiro atoms. The zero-order valence-electron chi connectivity index (χ0n) is 16.6. The maximum absolute atomic E-state index is 12.6. The van der Waals surface area contributed by atoms with E-state index in [1.165, 1.54) is 5.56 Å². The number of aryl methyl sites for hydroxylation is 1. The lowest BCUT2D eigenvalue weighted by atomic mass is 10.1. The van der Waals surface area contributed by atoms with Crippen LogP contribution in [0.3, 0.4) is 0 Å². The molecule has 4 nitrogen and oxygen atoms in total. The summed E-state index contributed by atoms with van der Waals surface area (Å²) < 4.78 is 11.5. The minimum Gasteiger partial charge on any atom is -0.493 e. The van der Waals surface area contributed by atoms with Gasteiger partial charge in [0, 0.05) is 17.7 Å². The summed E-state index contributed by atoms with van der Waals surface area (Å²) in [5.74, 6) is 1.13. The Morgan fingerprint density at radius 2 is 1.72 bits per heavy atom. The van der Waals surface area contributed by atoms with Crippen molar-refractivity contribution in [3.63, 3.8) is 0 Å². The van der Waals surface area contributed by atoms with Crippen molar-refractivity contribution in [3.05, 3.63) is 94.0 Å². The van der Waals surface area contributed by atoms with E-state index in [4.69, 9.17) is 21.1 Å². The van der Waals surface area contributed by atoms with Crippen LogP contribution in [0, 0.1) is 6.92 Å². The number of amides is 1. The molecular formula is C24H24ClNO3. The molecule has 0 aliphatic rings. The van der Waals surface area contributed by atoms with Gasteiger partial charge < -0.3 is 14.8 Å². The molecule has 0 heterocycles. The summed E-state index contributed by atoms with van der Waals surface area (Å²) in [7, 11) is 0. The van der Waals surface area contributed by atoms with Crippen LogP contribution in [0.1, 0.15) is 34.0 Å². The van der Waals surface area contributed by atoms with E-state index in [0.717, 1.165) is 11.1 Å². The molecule has 0 saturated heterocycles. The standard InChI is InChI=1S/C24H24ClNO3/c1-3-28-22-13-12-19(24(27)26-15-18-10-8-17(2)9-11-18)14-20(22)16-29-23-7-5-4-6-21(23)25/h4-14H,3,15-16H2,1-2H3,(H,26,27). The average molecular weight is 410 g/mol. The van der Waals surface area contributed by atoms with E-state index in [1.54, 1.807) is 30.3 Å². The Hall–Kier alpha value is -2.98. The van der Waals surface area contributed by atoms with Crippen LogP contribution in [-0.4, -0.2) is 12.5 Å². The molecule has 0 aliphatic carbocycles. The molecule has 0 bridgehead atoms. The van der Waals surface area contributed by atoms with E-state index < -0.39 is 0 Å². The van der Waals surface area contributed by atoms with Crippen LogP contribution in [0.2, 0.25) is 5.02 Å². The number of carbonyl (C=O) groups excluding carboxylic acids is 1. The SMILES string of the molecule is CCOc1ccc(C(=O)NCc2ccc(C)cc2)cc1COc1ccccc1Cl. The molecule has 1 amide bonds. The maximum Gasteiger partial charge on any atom is 0.251 e. The Morgan fingerprint density at radius 3 is 2.45 bits per heavy atom. The fraction of sp³-hybridized carbons (Fsp3) is 0.208. The summed E-state index contributed by atoms with van der Waals surface area (Å²) >= 11 is 6.16. The normalized spacial score (nSPS) is 10.4. The van der Waals surface area contributed by atoms with Gasteiger partial charge in [-0.15, -0.1) is 0 Å². The topological polar surface area (TPSA) is 47.6 Å². The van der Waals surface area contributed by atoms with Crippen LogP contribution < -0.4 is 14.8 Å². The third-order valence-corrected chi connectivity index (χ3v) is 4.73. The number of benzene rings is 3. The van der Waals surface area contributed by atoms with Gasteiger partial charge in [0.2, 0.25) is 0 Å². The zero-order chi connectivity index (χ0) is 20.6. The first kappa shape index (κ1) is 20.7. The lowest BCUT2D eigenvalue weighted by Gasteiger charge is -2.14. The number of para-hydroxylation sites is 1. The summed E-state index contributed by atoms with van der Waals surface area (Å²) in [5.41, 5.74) is 3.58. The maximum atomic E-state index is 12.6. The van der Waals surface area contributed by atoms with Crippen molar-refractivity contribution in [1.82, 2.24) is 5.32 Å². The molecule has 3 aromatic rings. The van der Waals surface area contributed by atoms with Crippen LogP contribution in [0.5, 0.6) is 11.5 Å². The van der Waals surface area contributed by atoms with Crippen molar-refractivity contribution >= 4 is 17.5 Å². The van der Waals surface area contributed by atoms with Crippen LogP contribution in [0.4, 0.5) is 0 Å². The van der Waals surface area contributed by atoms with E-state index in [0.29, 0.717) is 35.2 Å². The second-order valence-electron chi connectivity index (χ2n) is 6.64. The molecule has 0 saturated carbocycles. The first-order valence-electron chi connectivity index (χ1n) is 9.53. The van der Waals surface area contributed by atoms with Gasteiger partial charge in [-0.25, -0.2) is 0 Å². The van der Waals surface area contributed by atoms with Gasteiger partial charge in [-0.05, 0) is 49.7 Å². The highest BCUT2D eigenvalue weighted by molar-refractivity contribution is 6.32. The Balaban J connectivity index is 1.71. The van der Waals surface area contributed by atoms with Crippen molar-refractivity contribution < 1.29 is 14.3 Å². The molecule has 0 unspecified atom stereocenters. The largest absolute Gasteiger partial charge is 0.493 e. The number of rotatable bonds is 8. The molecule has 0 aliphatic heterocycles. The zero-order valence-corrected chi connectivity index (χ0v) is 17.3. The summed E-state index contributed by atoms with van der Waals surface area (Å²) in [4.78, 5) is 12.6. The van der Waals surface area contributed by atoms with Crippen molar-refractivity contribution in [3.8, 4) is 11.5 Å². The lowest BCUT2D eigenvalue weighted by molar-refractivity contribution is 0.0950. The van der Waals surface area contributed by atoms with E-state index >= 15 is 0 Å². The number of hydrogen-bond donors (Lipinski definition) is 1. The minimum atomic E-state index is -0.146. The Kier molecular flexibility index (Phi) is 7.14. The first-order chi connectivity index (χ1) is 14.1. The number of halogens is 1. The van der Waals surface area contributed by atoms with Crippen LogP contribution >= 0.6 is 11.6 Å². The van der Waals surface area contributed by atoms with Crippen molar-refractivity contribution in [2.45, 2.75) is 27.0 Å². The van der Waals surface area contributed by atoms with Gasteiger partial charge >= 0.3 is 0 Å². The van der Waals surface area contributed by atoms with Crippen molar-refractivity contribution in [2.75, 3.05) is 6.61 Å². The number of ether oxygens (including phenoxy) is 2. The second-order valence-corrected chi connectivity index (χ2v) is 7.05. The Morgan fingerprint density at radius 1 is 0.966 bits per heavy atom. The van der Waals surface area contributed by atoms with Gasteiger partial charge in [-0.1, -0.05) is 53.6 Å². The van der Waals surface area contributed by atoms with Crippen LogP contribution in [0.15, 0.2) is 66.7 Å². The Labute approximate surface area is 176 Å². The van der Waals surface area contributed by atoms with E-state index in [9.17, 15) is 4.79 Å². The molecule has 0 aromatic heterocycles. The van der Waals surface area contributed by atoms with Gasteiger partial charge in [-0.3, -0.25) is 4.79 Å². The smallest absolute Gasteiger partial charge is 0.251 e. The molecule has 3 aromatic carbocycles. The molecule has 29 heavy (non-hydrogen) atoms. The van der Waals surface area contributed by atoms with Gasteiger partial charge in [0.25, 0.3) is 5.91 Å². The van der Waals surface area contributed by atoms with Crippen molar-refractivity contribution in [1.29, 1.82) is 0 Å². The number of nitrogens with one attached hydrogen (secondary N) is 1. The predicted octanol–water partition coefficient (Wildman–Crippen LogP) is 5.56. The minimum absolute atomic E-state index is 0.146. The molecule has 3 rings (SSSR count). The highest BCUT2D eigenvalue weighted by atomic mass is 35.5. The van der Waals surface area contributed by atoms with Crippen molar-refractivity contribution in [2.24, 2.45) is 0 Å². The summed E-state index contributed by atoms with van der Waals surface area (Å²) in [5, 5.41) is 3.49. The van der Waals surface area contributed by atoms with Gasteiger partial charge in [0.05, 0.1) is 11.6 Å². The molecular weight excluding hydrogens is 386 g/mol. The first-order valence-corrected chi connectivity index (χ1v) is 9.91. The van der Waals surface area contributed by atoms with E-state index in [2.05, 4.69) is 5.32 Å². The monoisotopic (exact) mass is 409 g/mol. The predicted molar refractivity (Wildman–Crippen MR) is 116 cm³/mol. The number of hydrogen-bond acceptors (Lipinski definition) is 3. The molecule has 1 N–H and O–H groups in total. The summed E-state index contributed by atoms with van der Waals surface area (Å²) in [6, 6.07) is 20.7. The summed E-state index contributed by atoms with van der Waals surface area (Å²) in [6.45, 7) is 5.20. The fourth-order valence-electron chi connectivity index (χ4n) is 2.84. The third-order valence-electron chi connectivity index (χ3n) is 4.42. The van der Waals surface area contributed by atoms with Crippen LogP contribution in [0.25, 0.3) is 0 Å². The van der Waals surface area contributed by atoms with E-state index in [1.807, 2.05) is 50.2 Å². The molecule has 150 valence electrons. The molecule has 5 heteroatoms. The highest BCUT2D eigenvalue weighted by Gasteiger charge is 2.12. The summed E-state index contributed by atoms with van der Waals surface area (Å²) in [6.07, 6.45) is 0. The second kappa shape index (κ2) is 9.99. The lowest BCUT2D eigenvalue weighted by Crippen LogP contribution is -2.23. The Bertz CT molecular complexity index is 970. The molecule has 0 fully saturated rings. The average Bonchev–Trinajstić information content (AvgIpc) is 2.73. The van der Waals surface area contributed by atoms with Crippen LogP contribution in [-0.2, 0) is 13.2 Å². The van der Waals surface area contributed by atoms with Gasteiger partial charge in [-0.2, -0.15) is 0 Å². The fourth-order valence-corrected chi connectivity index (χ4v) is 3.03. The highest BCUT2D eigenvalue weighted by Crippen LogP contribution is 2.27. The molecule has 0 radical (unpaired) electrons. The number of carbonyl (C=O) groups is 1. The van der Waals surface area contributed by atoms with Gasteiger partial charge in [0.15, 0.2) is 0 Å². The molecule has 0 atom stereocenters. The van der Waals surface area contributed by atoms with Gasteiger partial charge in [0.1, 0.15) is 18.1 Å².